The van der Waals surface area contributed by atoms with Crippen LogP contribution in [0.1, 0.15) is 5.56 Å². The molecule has 0 atom stereocenters. The lowest BCUT2D eigenvalue weighted by Gasteiger charge is -2.10. The number of benzene rings is 2. The highest BCUT2D eigenvalue weighted by Crippen LogP contribution is 2.33. The van der Waals surface area contributed by atoms with Crippen LogP contribution in [-0.4, -0.2) is 21.1 Å². The average Bonchev–Trinajstić information content (AvgIpc) is 3.12. The van der Waals surface area contributed by atoms with Crippen molar-refractivity contribution in [1.29, 1.82) is 0 Å². The van der Waals surface area contributed by atoms with Crippen LogP contribution in [0.25, 0.3) is 21.8 Å². The van der Waals surface area contributed by atoms with E-state index in [9.17, 15) is 0 Å². The fraction of sp³-hybridized carbons (Fsp3) is 0.167. The second-order valence-corrected chi connectivity index (χ2v) is 6.33. The number of nitrogens with two attached hydrogens (primary N) is 1. The van der Waals surface area contributed by atoms with Crippen molar-refractivity contribution in [3.8, 4) is 0 Å². The van der Waals surface area contributed by atoms with Gasteiger partial charge in [0.15, 0.2) is 0 Å². The van der Waals surface area contributed by atoms with Crippen molar-refractivity contribution in [2.24, 2.45) is 12.8 Å². The molecule has 4 rings (SSSR count). The van der Waals surface area contributed by atoms with Crippen molar-refractivity contribution in [2.45, 2.75) is 6.42 Å². The third-order valence-corrected chi connectivity index (χ3v) is 4.48. The maximum Gasteiger partial charge on any atom is 0.207 e. The molecule has 0 spiro atoms. The maximum atomic E-state index is 6.19. The number of aromatic nitrogens is 3. The molecule has 0 radical (unpaired) electrons. The van der Waals surface area contributed by atoms with E-state index in [1.165, 1.54) is 5.56 Å². The predicted octanol–water partition coefficient (Wildman–Crippen LogP) is 3.95. The summed E-state index contributed by atoms with van der Waals surface area (Å²) in [4.78, 5) is 7.82. The number of H-pyrrole nitrogens is 1. The summed E-state index contributed by atoms with van der Waals surface area (Å²) in [6, 6.07) is 10.2. The molecule has 6 heteroatoms. The number of hydrogen-bond acceptors (Lipinski definition) is 3. The van der Waals surface area contributed by atoms with Crippen molar-refractivity contribution in [1.82, 2.24) is 14.5 Å². The molecule has 2 heterocycles. The molecule has 24 heavy (non-hydrogen) atoms. The minimum atomic E-state index is 0.594. The minimum absolute atomic E-state index is 0.594. The number of rotatable bonds is 4. The number of fused-ring (bicyclic) bond motifs is 3. The fourth-order valence-corrected chi connectivity index (χ4v) is 3.26. The second kappa shape index (κ2) is 5.85. The number of aromatic amines is 1. The molecular weight excluding hydrogens is 322 g/mol. The third kappa shape index (κ3) is 2.52. The van der Waals surface area contributed by atoms with Crippen LogP contribution >= 0.6 is 11.6 Å². The zero-order valence-corrected chi connectivity index (χ0v) is 14.1. The summed E-state index contributed by atoms with van der Waals surface area (Å²) in [5.41, 5.74) is 10.2. The van der Waals surface area contributed by atoms with Gasteiger partial charge in [0.25, 0.3) is 0 Å². The lowest BCUT2D eigenvalue weighted by Crippen LogP contribution is -2.04. The molecule has 122 valence electrons. The van der Waals surface area contributed by atoms with E-state index in [2.05, 4.69) is 27.4 Å². The monoisotopic (exact) mass is 339 g/mol. The molecule has 4 N–H and O–H groups in total. The van der Waals surface area contributed by atoms with Gasteiger partial charge in [-0.2, -0.15) is 0 Å². The van der Waals surface area contributed by atoms with Crippen LogP contribution in [0.4, 0.5) is 11.6 Å². The number of nitrogens with zero attached hydrogens (tertiary/aromatic N) is 2. The predicted molar refractivity (Wildman–Crippen MR) is 100 cm³/mol. The molecule has 5 nitrogen and oxygen atoms in total. The van der Waals surface area contributed by atoms with Gasteiger partial charge in [-0.15, -0.1) is 0 Å². The standard InChI is InChI=1S/C18H18ClN5/c1-24-7-6-21-18(24)22-13-8-11(4-5-20)17-15(10-13)14-9-12(19)2-3-16(14)23-17/h2-3,6-10,23H,4-5,20H2,1H3,(H,21,22). The molecule has 2 aromatic heterocycles. The molecular formula is C18H18ClN5. The fourth-order valence-electron chi connectivity index (χ4n) is 3.09. The van der Waals surface area contributed by atoms with Crippen LogP contribution in [0.3, 0.4) is 0 Å². The topological polar surface area (TPSA) is 71.7 Å². The van der Waals surface area contributed by atoms with Gasteiger partial charge in [-0.3, -0.25) is 0 Å². The van der Waals surface area contributed by atoms with Crippen LogP contribution in [0, 0.1) is 0 Å². The Kier molecular flexibility index (Phi) is 3.67. The molecule has 0 saturated carbocycles. The zero-order chi connectivity index (χ0) is 16.7. The Labute approximate surface area is 144 Å². The van der Waals surface area contributed by atoms with Crippen molar-refractivity contribution in [3.63, 3.8) is 0 Å². The van der Waals surface area contributed by atoms with Crippen LogP contribution in [0.15, 0.2) is 42.7 Å². The molecule has 2 aromatic carbocycles. The van der Waals surface area contributed by atoms with Crippen LogP contribution < -0.4 is 11.1 Å². The average molecular weight is 340 g/mol. The SMILES string of the molecule is Cn1ccnc1Nc1cc(CCN)c2[nH]c3ccc(Cl)cc3c2c1. The van der Waals surface area contributed by atoms with Gasteiger partial charge < -0.3 is 20.6 Å². The lowest BCUT2D eigenvalue weighted by molar-refractivity contribution is 0.924. The van der Waals surface area contributed by atoms with E-state index in [1.54, 1.807) is 6.20 Å². The van der Waals surface area contributed by atoms with Gasteiger partial charge >= 0.3 is 0 Å². The van der Waals surface area contributed by atoms with E-state index in [0.717, 1.165) is 44.9 Å². The third-order valence-electron chi connectivity index (χ3n) is 4.24. The quantitative estimate of drug-likeness (QED) is 0.527. The molecule has 0 saturated heterocycles. The van der Waals surface area contributed by atoms with E-state index in [4.69, 9.17) is 17.3 Å². The summed E-state index contributed by atoms with van der Waals surface area (Å²) in [5.74, 6) is 0.797. The molecule has 0 aliphatic carbocycles. The Morgan fingerprint density at radius 2 is 2.12 bits per heavy atom. The summed E-state index contributed by atoms with van der Waals surface area (Å²) < 4.78 is 1.94. The molecule has 4 aromatic rings. The summed E-state index contributed by atoms with van der Waals surface area (Å²) in [6.07, 6.45) is 4.48. The molecule has 0 aliphatic heterocycles. The van der Waals surface area contributed by atoms with Gasteiger partial charge in [0.05, 0.1) is 0 Å². The Balaban J connectivity index is 1.93. The van der Waals surface area contributed by atoms with Gasteiger partial charge in [0.1, 0.15) is 0 Å². The smallest absolute Gasteiger partial charge is 0.207 e. The number of anilines is 2. The molecule has 0 aliphatic rings. The van der Waals surface area contributed by atoms with Crippen LogP contribution in [0.2, 0.25) is 5.02 Å². The molecule has 0 fully saturated rings. The van der Waals surface area contributed by atoms with Gasteiger partial charge in [0, 0.05) is 52.0 Å². The Bertz CT molecular complexity index is 1030. The number of nitrogens with one attached hydrogen (secondary N) is 2. The Morgan fingerprint density at radius 3 is 2.88 bits per heavy atom. The van der Waals surface area contributed by atoms with Gasteiger partial charge in [-0.1, -0.05) is 11.6 Å². The van der Waals surface area contributed by atoms with E-state index >= 15 is 0 Å². The van der Waals surface area contributed by atoms with Crippen molar-refractivity contribution in [2.75, 3.05) is 11.9 Å². The first-order chi connectivity index (χ1) is 11.7. The minimum Gasteiger partial charge on any atom is -0.354 e. The highest BCUT2D eigenvalue weighted by molar-refractivity contribution is 6.31. The van der Waals surface area contributed by atoms with Crippen LogP contribution in [-0.2, 0) is 13.5 Å². The van der Waals surface area contributed by atoms with E-state index in [0.29, 0.717) is 6.54 Å². The normalized spacial score (nSPS) is 11.5. The number of imidazole rings is 1. The highest BCUT2D eigenvalue weighted by Gasteiger charge is 2.11. The summed E-state index contributed by atoms with van der Waals surface area (Å²) in [6.45, 7) is 0.594. The van der Waals surface area contributed by atoms with Gasteiger partial charge in [-0.05, 0) is 48.9 Å². The first kappa shape index (κ1) is 15.1. The van der Waals surface area contributed by atoms with Crippen molar-refractivity contribution in [3.05, 3.63) is 53.3 Å². The Morgan fingerprint density at radius 1 is 1.25 bits per heavy atom. The first-order valence-corrected chi connectivity index (χ1v) is 8.22. The van der Waals surface area contributed by atoms with E-state index in [-0.39, 0.29) is 0 Å². The summed E-state index contributed by atoms with van der Waals surface area (Å²) in [5, 5.41) is 6.35. The van der Waals surface area contributed by atoms with Gasteiger partial charge in [0.2, 0.25) is 5.95 Å². The van der Waals surface area contributed by atoms with E-state index < -0.39 is 0 Å². The summed E-state index contributed by atoms with van der Waals surface area (Å²) >= 11 is 6.19. The first-order valence-electron chi connectivity index (χ1n) is 7.84. The zero-order valence-electron chi connectivity index (χ0n) is 13.3. The van der Waals surface area contributed by atoms with E-state index in [1.807, 2.05) is 36.0 Å². The maximum absolute atomic E-state index is 6.19. The van der Waals surface area contributed by atoms with Gasteiger partial charge in [-0.25, -0.2) is 4.98 Å². The number of aryl methyl sites for hydroxylation is 1. The molecule has 0 amide bonds. The van der Waals surface area contributed by atoms with Crippen molar-refractivity contribution < 1.29 is 0 Å². The second-order valence-electron chi connectivity index (χ2n) is 5.90. The van der Waals surface area contributed by atoms with Crippen molar-refractivity contribution >= 4 is 45.0 Å². The number of halogens is 1. The Hall–Kier alpha value is -2.50. The van der Waals surface area contributed by atoms with Crippen LogP contribution in [0.5, 0.6) is 0 Å². The lowest BCUT2D eigenvalue weighted by atomic mass is 10.1. The molecule has 0 unspecified atom stereocenters. The largest absolute Gasteiger partial charge is 0.354 e. The number of hydrogen-bond donors (Lipinski definition) is 3. The summed E-state index contributed by atoms with van der Waals surface area (Å²) in [7, 11) is 1.96. The molecule has 0 bridgehead atoms. The highest BCUT2D eigenvalue weighted by atomic mass is 35.5.